The molecule has 1 N–H and O–H groups in total. The predicted molar refractivity (Wildman–Crippen MR) is 80.3 cm³/mol. The maximum Gasteiger partial charge on any atom is 0.0484 e. The van der Waals surface area contributed by atoms with Gasteiger partial charge in [0, 0.05) is 16.8 Å². The molecule has 0 fully saturated rings. The Bertz CT molecular complexity index is 475. The summed E-state index contributed by atoms with van der Waals surface area (Å²) in [6.07, 6.45) is 0. The zero-order valence-corrected chi connectivity index (χ0v) is 12.1. The van der Waals surface area contributed by atoms with Gasteiger partial charge in [0.25, 0.3) is 0 Å². The molecule has 0 saturated heterocycles. The van der Waals surface area contributed by atoms with Gasteiger partial charge in [-0.1, -0.05) is 44.2 Å². The molecular formula is C16H21NS. The van der Waals surface area contributed by atoms with Crippen LogP contribution in [0, 0.1) is 6.92 Å². The maximum atomic E-state index is 3.63. The molecule has 2 unspecified atom stereocenters. The van der Waals surface area contributed by atoms with Crippen LogP contribution in [0.4, 0.5) is 0 Å². The second-order valence-electron chi connectivity index (χ2n) is 4.70. The molecule has 0 aliphatic rings. The molecule has 1 aromatic carbocycles. The Balaban J connectivity index is 2.28. The van der Waals surface area contributed by atoms with Crippen LogP contribution in [0.5, 0.6) is 0 Å². The molecule has 96 valence electrons. The maximum absolute atomic E-state index is 3.63. The third-order valence-corrected chi connectivity index (χ3v) is 4.54. The van der Waals surface area contributed by atoms with Crippen LogP contribution >= 0.6 is 11.3 Å². The highest BCUT2D eigenvalue weighted by Crippen LogP contribution is 2.34. The van der Waals surface area contributed by atoms with Crippen molar-refractivity contribution in [2.24, 2.45) is 0 Å². The van der Waals surface area contributed by atoms with Crippen LogP contribution in [0.15, 0.2) is 41.8 Å². The fourth-order valence-corrected chi connectivity index (χ4v) is 3.48. The molecule has 2 rings (SSSR count). The Morgan fingerprint density at radius 1 is 1.17 bits per heavy atom. The third-order valence-electron chi connectivity index (χ3n) is 3.43. The zero-order valence-electron chi connectivity index (χ0n) is 11.3. The highest BCUT2D eigenvalue weighted by Gasteiger charge is 2.22. The van der Waals surface area contributed by atoms with Crippen molar-refractivity contribution in [1.29, 1.82) is 0 Å². The molecule has 1 heterocycles. The molecule has 0 aliphatic heterocycles. The van der Waals surface area contributed by atoms with Crippen LogP contribution < -0.4 is 5.32 Å². The minimum absolute atomic E-state index is 0.414. The molecule has 0 amide bonds. The average molecular weight is 259 g/mol. The number of nitrogens with one attached hydrogen (secondary N) is 1. The monoisotopic (exact) mass is 259 g/mol. The van der Waals surface area contributed by atoms with Gasteiger partial charge in [-0.3, -0.25) is 0 Å². The van der Waals surface area contributed by atoms with Gasteiger partial charge in [0.2, 0.25) is 0 Å². The quantitative estimate of drug-likeness (QED) is 0.833. The lowest BCUT2D eigenvalue weighted by molar-refractivity contribution is 0.485. The standard InChI is InChI=1S/C16H21NS/c1-4-17-15(16-12(2)10-11-18-16)13(3)14-8-6-5-7-9-14/h5-11,13,15,17H,4H2,1-3H3. The third kappa shape index (κ3) is 2.82. The summed E-state index contributed by atoms with van der Waals surface area (Å²) in [4.78, 5) is 1.47. The molecule has 0 aliphatic carbocycles. The van der Waals surface area contributed by atoms with Crippen molar-refractivity contribution in [3.05, 3.63) is 57.8 Å². The lowest BCUT2D eigenvalue weighted by Gasteiger charge is -2.25. The zero-order chi connectivity index (χ0) is 13.0. The highest BCUT2D eigenvalue weighted by atomic mass is 32.1. The molecule has 0 bridgehead atoms. The number of likely N-dealkylation sites (N-methyl/N-ethyl adjacent to an activating group) is 1. The Hall–Kier alpha value is -1.12. The summed E-state index contributed by atoms with van der Waals surface area (Å²) in [7, 11) is 0. The van der Waals surface area contributed by atoms with E-state index in [4.69, 9.17) is 0 Å². The van der Waals surface area contributed by atoms with Gasteiger partial charge in [-0.2, -0.15) is 0 Å². The van der Waals surface area contributed by atoms with E-state index in [9.17, 15) is 0 Å². The molecule has 0 spiro atoms. The number of hydrogen-bond acceptors (Lipinski definition) is 2. The number of rotatable bonds is 5. The van der Waals surface area contributed by atoms with Gasteiger partial charge in [0.15, 0.2) is 0 Å². The van der Waals surface area contributed by atoms with Gasteiger partial charge in [-0.25, -0.2) is 0 Å². The van der Waals surface area contributed by atoms with Crippen molar-refractivity contribution < 1.29 is 0 Å². The number of hydrogen-bond donors (Lipinski definition) is 1. The SMILES string of the molecule is CCNC(c1sccc1C)C(C)c1ccccc1. The first-order chi connectivity index (χ1) is 8.74. The van der Waals surface area contributed by atoms with E-state index < -0.39 is 0 Å². The predicted octanol–water partition coefficient (Wildman–Crippen LogP) is 4.51. The Kier molecular flexibility index (Phi) is 4.56. The van der Waals surface area contributed by atoms with Gasteiger partial charge in [0.1, 0.15) is 0 Å². The molecule has 2 atom stereocenters. The van der Waals surface area contributed by atoms with Crippen LogP contribution in [0.3, 0.4) is 0 Å². The van der Waals surface area contributed by atoms with Crippen LogP contribution in [-0.4, -0.2) is 6.54 Å². The highest BCUT2D eigenvalue weighted by molar-refractivity contribution is 7.10. The first-order valence-electron chi connectivity index (χ1n) is 6.56. The van der Waals surface area contributed by atoms with E-state index in [2.05, 4.69) is 67.9 Å². The van der Waals surface area contributed by atoms with Crippen molar-refractivity contribution >= 4 is 11.3 Å². The number of thiophene rings is 1. The van der Waals surface area contributed by atoms with Crippen molar-refractivity contribution in [2.75, 3.05) is 6.54 Å². The molecular weight excluding hydrogens is 238 g/mol. The summed E-state index contributed by atoms with van der Waals surface area (Å²) in [5, 5.41) is 5.82. The first-order valence-corrected chi connectivity index (χ1v) is 7.44. The van der Waals surface area contributed by atoms with Crippen molar-refractivity contribution in [1.82, 2.24) is 5.32 Å². The molecule has 1 nitrogen and oxygen atoms in total. The van der Waals surface area contributed by atoms with Gasteiger partial charge in [-0.05, 0) is 36.0 Å². The second-order valence-corrected chi connectivity index (χ2v) is 5.65. The van der Waals surface area contributed by atoms with Crippen LogP contribution in [0.25, 0.3) is 0 Å². The summed E-state index contributed by atoms with van der Waals surface area (Å²) >= 11 is 1.86. The minimum Gasteiger partial charge on any atom is -0.309 e. The molecule has 0 saturated carbocycles. The van der Waals surface area contributed by atoms with Gasteiger partial charge >= 0.3 is 0 Å². The van der Waals surface area contributed by atoms with Crippen molar-refractivity contribution in [2.45, 2.75) is 32.7 Å². The molecule has 18 heavy (non-hydrogen) atoms. The molecule has 2 heteroatoms. The van der Waals surface area contributed by atoms with E-state index in [1.54, 1.807) is 0 Å². The van der Waals surface area contributed by atoms with E-state index in [0.717, 1.165) is 6.54 Å². The second kappa shape index (κ2) is 6.17. The summed E-state index contributed by atoms with van der Waals surface area (Å²) in [6.45, 7) is 7.68. The normalized spacial score (nSPS) is 14.4. The fourth-order valence-electron chi connectivity index (χ4n) is 2.37. The average Bonchev–Trinajstić information content (AvgIpc) is 2.82. The topological polar surface area (TPSA) is 12.0 Å². The minimum atomic E-state index is 0.414. The van der Waals surface area contributed by atoms with Crippen molar-refractivity contribution in [3.8, 4) is 0 Å². The van der Waals surface area contributed by atoms with E-state index >= 15 is 0 Å². The molecule has 0 radical (unpaired) electrons. The van der Waals surface area contributed by atoms with Gasteiger partial charge in [0.05, 0.1) is 0 Å². The summed E-state index contributed by atoms with van der Waals surface area (Å²) < 4.78 is 0. The lowest BCUT2D eigenvalue weighted by atomic mass is 9.91. The molecule has 1 aromatic heterocycles. The smallest absolute Gasteiger partial charge is 0.0484 e. The summed E-state index contributed by atoms with van der Waals surface area (Å²) in [6, 6.07) is 13.4. The largest absolute Gasteiger partial charge is 0.309 e. The summed E-state index contributed by atoms with van der Waals surface area (Å²) in [5.74, 6) is 0.489. The summed E-state index contributed by atoms with van der Waals surface area (Å²) in [5.41, 5.74) is 2.80. The van der Waals surface area contributed by atoms with Gasteiger partial charge in [-0.15, -0.1) is 11.3 Å². The first kappa shape index (κ1) is 13.3. The number of aryl methyl sites for hydroxylation is 1. The van der Waals surface area contributed by atoms with E-state index in [0.29, 0.717) is 12.0 Å². The van der Waals surface area contributed by atoms with E-state index in [1.165, 1.54) is 16.0 Å². The Labute approximate surface area is 114 Å². The number of benzene rings is 1. The fraction of sp³-hybridized carbons (Fsp3) is 0.375. The van der Waals surface area contributed by atoms with Crippen LogP contribution in [0.2, 0.25) is 0 Å². The van der Waals surface area contributed by atoms with Gasteiger partial charge < -0.3 is 5.32 Å². The van der Waals surface area contributed by atoms with E-state index in [-0.39, 0.29) is 0 Å². The Morgan fingerprint density at radius 3 is 2.44 bits per heavy atom. The van der Waals surface area contributed by atoms with Crippen molar-refractivity contribution in [3.63, 3.8) is 0 Å². The molecule has 2 aromatic rings. The van der Waals surface area contributed by atoms with Crippen LogP contribution in [0.1, 0.15) is 41.8 Å². The Morgan fingerprint density at radius 2 is 1.89 bits per heavy atom. The lowest BCUT2D eigenvalue weighted by Crippen LogP contribution is -2.25. The van der Waals surface area contributed by atoms with E-state index in [1.807, 2.05) is 11.3 Å². The van der Waals surface area contributed by atoms with Crippen LogP contribution in [-0.2, 0) is 0 Å².